The number of nitrogens with zero attached hydrogens (tertiary/aromatic N) is 2. The molecule has 5 heteroatoms. The first-order chi connectivity index (χ1) is 8.29. The summed E-state index contributed by atoms with van der Waals surface area (Å²) >= 11 is 6.01. The largest absolute Gasteiger partial charge is 0.437 e. The Bertz CT molecular complexity index is 490. The van der Waals surface area contributed by atoms with Gasteiger partial charge in [-0.3, -0.25) is 4.98 Å². The zero-order valence-electron chi connectivity index (χ0n) is 9.35. The molecule has 0 saturated carbocycles. The second-order valence-electron chi connectivity index (χ2n) is 3.44. The first kappa shape index (κ1) is 11.8. The Morgan fingerprint density at radius 3 is 3.00 bits per heavy atom. The van der Waals surface area contributed by atoms with Gasteiger partial charge < -0.3 is 10.1 Å². The second-order valence-corrected chi connectivity index (χ2v) is 3.84. The van der Waals surface area contributed by atoms with Crippen molar-refractivity contribution in [2.45, 2.75) is 6.54 Å². The van der Waals surface area contributed by atoms with Gasteiger partial charge >= 0.3 is 0 Å². The van der Waals surface area contributed by atoms with Gasteiger partial charge in [0.1, 0.15) is 5.75 Å². The number of pyridine rings is 2. The number of halogens is 1. The molecule has 2 aromatic rings. The maximum atomic E-state index is 6.01. The van der Waals surface area contributed by atoms with Crippen LogP contribution in [0, 0.1) is 0 Å². The van der Waals surface area contributed by atoms with Gasteiger partial charge in [-0.1, -0.05) is 11.6 Å². The summed E-state index contributed by atoms with van der Waals surface area (Å²) in [5, 5.41) is 3.66. The molecule has 4 nitrogen and oxygen atoms in total. The van der Waals surface area contributed by atoms with Crippen molar-refractivity contribution >= 4 is 11.6 Å². The highest BCUT2D eigenvalue weighted by Crippen LogP contribution is 2.23. The van der Waals surface area contributed by atoms with Crippen molar-refractivity contribution in [1.29, 1.82) is 0 Å². The molecular formula is C12H12ClN3O. The normalized spacial score (nSPS) is 10.2. The molecule has 0 saturated heterocycles. The molecule has 2 rings (SSSR count). The molecule has 0 amide bonds. The van der Waals surface area contributed by atoms with Gasteiger partial charge in [0.25, 0.3) is 0 Å². The molecular weight excluding hydrogens is 238 g/mol. The first-order valence-electron chi connectivity index (χ1n) is 5.16. The molecule has 2 aromatic heterocycles. The molecule has 0 spiro atoms. The maximum Gasteiger partial charge on any atom is 0.219 e. The van der Waals surface area contributed by atoms with Crippen LogP contribution in [0.15, 0.2) is 36.8 Å². The van der Waals surface area contributed by atoms with E-state index in [2.05, 4.69) is 15.3 Å². The van der Waals surface area contributed by atoms with Crippen LogP contribution in [0.1, 0.15) is 5.56 Å². The summed E-state index contributed by atoms with van der Waals surface area (Å²) < 4.78 is 5.56. The van der Waals surface area contributed by atoms with Crippen LogP contribution < -0.4 is 10.1 Å². The Labute approximate surface area is 105 Å². The molecule has 17 heavy (non-hydrogen) atoms. The third-order valence-electron chi connectivity index (χ3n) is 2.13. The third kappa shape index (κ3) is 3.15. The average Bonchev–Trinajstić information content (AvgIpc) is 2.35. The van der Waals surface area contributed by atoms with Gasteiger partial charge in [0.15, 0.2) is 0 Å². The monoisotopic (exact) mass is 249 g/mol. The summed E-state index contributed by atoms with van der Waals surface area (Å²) in [4.78, 5) is 8.07. The van der Waals surface area contributed by atoms with E-state index in [4.69, 9.17) is 16.3 Å². The molecule has 0 atom stereocenters. The topological polar surface area (TPSA) is 47.0 Å². The summed E-state index contributed by atoms with van der Waals surface area (Å²) in [7, 11) is 1.86. The van der Waals surface area contributed by atoms with Crippen LogP contribution in [-0.4, -0.2) is 17.0 Å². The van der Waals surface area contributed by atoms with E-state index >= 15 is 0 Å². The van der Waals surface area contributed by atoms with E-state index < -0.39 is 0 Å². The summed E-state index contributed by atoms with van der Waals surface area (Å²) in [6.07, 6.45) is 4.91. The van der Waals surface area contributed by atoms with Gasteiger partial charge in [-0.15, -0.1) is 0 Å². The molecule has 0 aliphatic heterocycles. The Hall–Kier alpha value is -1.65. The van der Waals surface area contributed by atoms with Crippen molar-refractivity contribution in [3.8, 4) is 11.6 Å². The number of rotatable bonds is 4. The zero-order chi connectivity index (χ0) is 12.1. The molecule has 0 aliphatic carbocycles. The van der Waals surface area contributed by atoms with Crippen LogP contribution in [0.2, 0.25) is 5.02 Å². The fourth-order valence-electron chi connectivity index (χ4n) is 1.37. The Morgan fingerprint density at radius 1 is 1.41 bits per heavy atom. The zero-order valence-corrected chi connectivity index (χ0v) is 10.1. The lowest BCUT2D eigenvalue weighted by atomic mass is 10.2. The molecule has 1 N–H and O–H groups in total. The van der Waals surface area contributed by atoms with Crippen molar-refractivity contribution in [2.24, 2.45) is 0 Å². The molecule has 0 fully saturated rings. The predicted molar refractivity (Wildman–Crippen MR) is 66.3 cm³/mol. The van der Waals surface area contributed by atoms with E-state index in [0.717, 1.165) is 5.56 Å². The SMILES string of the molecule is CNCc1cc(Oc2cccnc2)ncc1Cl. The number of hydrogen-bond acceptors (Lipinski definition) is 4. The summed E-state index contributed by atoms with van der Waals surface area (Å²) in [5.41, 5.74) is 0.947. The van der Waals surface area contributed by atoms with E-state index in [1.54, 1.807) is 24.7 Å². The highest BCUT2D eigenvalue weighted by atomic mass is 35.5. The summed E-state index contributed by atoms with van der Waals surface area (Å²) in [5.74, 6) is 1.16. The Morgan fingerprint density at radius 2 is 2.29 bits per heavy atom. The van der Waals surface area contributed by atoms with E-state index in [1.807, 2.05) is 19.2 Å². The van der Waals surface area contributed by atoms with Gasteiger partial charge in [-0.2, -0.15) is 0 Å². The summed E-state index contributed by atoms with van der Waals surface area (Å²) in [6, 6.07) is 5.44. The standard InChI is InChI=1S/C12H12ClN3O/c1-14-6-9-5-12(16-8-11(9)13)17-10-3-2-4-15-7-10/h2-5,7-8,14H,6H2,1H3. The Kier molecular flexibility index (Phi) is 3.90. The number of nitrogens with one attached hydrogen (secondary N) is 1. The first-order valence-corrected chi connectivity index (χ1v) is 5.54. The van der Waals surface area contributed by atoms with E-state index in [0.29, 0.717) is 23.2 Å². The van der Waals surface area contributed by atoms with Crippen LogP contribution >= 0.6 is 11.6 Å². The van der Waals surface area contributed by atoms with Gasteiger partial charge in [0.2, 0.25) is 5.88 Å². The molecule has 0 aliphatic rings. The Balaban J connectivity index is 2.19. The van der Waals surface area contributed by atoms with Gasteiger partial charge in [0, 0.05) is 25.0 Å². The average molecular weight is 250 g/mol. The van der Waals surface area contributed by atoms with Crippen molar-refractivity contribution < 1.29 is 4.74 Å². The van der Waals surface area contributed by atoms with Gasteiger partial charge in [-0.05, 0) is 24.7 Å². The van der Waals surface area contributed by atoms with E-state index in [1.165, 1.54) is 0 Å². The van der Waals surface area contributed by atoms with Gasteiger partial charge in [0.05, 0.1) is 11.2 Å². The fourth-order valence-corrected chi connectivity index (χ4v) is 1.54. The van der Waals surface area contributed by atoms with Crippen molar-refractivity contribution in [3.63, 3.8) is 0 Å². The van der Waals surface area contributed by atoms with Crippen molar-refractivity contribution in [1.82, 2.24) is 15.3 Å². The fraction of sp³-hybridized carbons (Fsp3) is 0.167. The lowest BCUT2D eigenvalue weighted by Crippen LogP contribution is -2.06. The lowest BCUT2D eigenvalue weighted by Gasteiger charge is -2.07. The molecule has 0 aromatic carbocycles. The molecule has 0 unspecified atom stereocenters. The minimum atomic E-state index is 0.507. The third-order valence-corrected chi connectivity index (χ3v) is 2.47. The summed E-state index contributed by atoms with van der Waals surface area (Å²) in [6.45, 7) is 0.671. The molecule has 0 bridgehead atoms. The van der Waals surface area contributed by atoms with Crippen molar-refractivity contribution in [3.05, 3.63) is 47.4 Å². The molecule has 88 valence electrons. The number of aromatic nitrogens is 2. The number of hydrogen-bond donors (Lipinski definition) is 1. The van der Waals surface area contributed by atoms with Crippen LogP contribution in [0.4, 0.5) is 0 Å². The van der Waals surface area contributed by atoms with E-state index in [9.17, 15) is 0 Å². The number of ether oxygens (including phenoxy) is 1. The van der Waals surface area contributed by atoms with Crippen molar-refractivity contribution in [2.75, 3.05) is 7.05 Å². The second kappa shape index (κ2) is 5.61. The highest BCUT2D eigenvalue weighted by molar-refractivity contribution is 6.31. The molecule has 2 heterocycles. The van der Waals surface area contributed by atoms with Crippen LogP contribution in [0.25, 0.3) is 0 Å². The highest BCUT2D eigenvalue weighted by Gasteiger charge is 2.04. The maximum absolute atomic E-state index is 6.01. The van der Waals surface area contributed by atoms with Crippen LogP contribution in [0.3, 0.4) is 0 Å². The van der Waals surface area contributed by atoms with Crippen LogP contribution in [-0.2, 0) is 6.54 Å². The molecule has 0 radical (unpaired) electrons. The van der Waals surface area contributed by atoms with Crippen LogP contribution in [0.5, 0.6) is 11.6 Å². The predicted octanol–water partition coefficient (Wildman–Crippen LogP) is 2.64. The minimum Gasteiger partial charge on any atom is -0.437 e. The quantitative estimate of drug-likeness (QED) is 0.905. The minimum absolute atomic E-state index is 0.507. The van der Waals surface area contributed by atoms with Gasteiger partial charge in [-0.25, -0.2) is 4.98 Å². The van der Waals surface area contributed by atoms with E-state index in [-0.39, 0.29) is 0 Å². The smallest absolute Gasteiger partial charge is 0.219 e. The lowest BCUT2D eigenvalue weighted by molar-refractivity contribution is 0.460.